The molecule has 0 aliphatic carbocycles. The van der Waals surface area contributed by atoms with E-state index in [1.165, 1.54) is 18.2 Å². The Hall–Kier alpha value is -2.11. The van der Waals surface area contributed by atoms with E-state index < -0.39 is 10.9 Å². The Balaban J connectivity index is 3.48. The SMILES string of the molecule is CC(N(C)c1c(C(=O)O)cccc1[N+](=O)[O-])C(C)(C)C. The molecule has 1 atom stereocenters. The summed E-state index contributed by atoms with van der Waals surface area (Å²) in [6.07, 6.45) is 0. The first kappa shape index (κ1) is 15.9. The van der Waals surface area contributed by atoms with E-state index in [1.807, 2.05) is 27.7 Å². The van der Waals surface area contributed by atoms with Crippen LogP contribution in [0.15, 0.2) is 18.2 Å². The Morgan fingerprint density at radius 2 is 1.95 bits per heavy atom. The number of carbonyl (C=O) groups is 1. The second-order valence-electron chi connectivity index (χ2n) is 5.89. The van der Waals surface area contributed by atoms with Gasteiger partial charge < -0.3 is 10.0 Å². The van der Waals surface area contributed by atoms with Crippen LogP contribution in [0.3, 0.4) is 0 Å². The Bertz CT molecular complexity index is 502. The summed E-state index contributed by atoms with van der Waals surface area (Å²) in [4.78, 5) is 23.6. The average molecular weight is 280 g/mol. The molecule has 6 heteroatoms. The van der Waals surface area contributed by atoms with Gasteiger partial charge in [0.25, 0.3) is 5.69 Å². The lowest BCUT2D eigenvalue weighted by molar-refractivity contribution is -0.384. The zero-order valence-corrected chi connectivity index (χ0v) is 12.4. The van der Waals surface area contributed by atoms with Crippen molar-refractivity contribution >= 4 is 17.3 Å². The van der Waals surface area contributed by atoms with E-state index in [0.29, 0.717) is 0 Å². The number of anilines is 1. The van der Waals surface area contributed by atoms with Gasteiger partial charge in [0.1, 0.15) is 5.69 Å². The van der Waals surface area contributed by atoms with Crippen LogP contribution in [0.4, 0.5) is 11.4 Å². The van der Waals surface area contributed by atoms with E-state index in [1.54, 1.807) is 11.9 Å². The van der Waals surface area contributed by atoms with Crippen LogP contribution in [-0.2, 0) is 0 Å². The molecule has 20 heavy (non-hydrogen) atoms. The quantitative estimate of drug-likeness (QED) is 0.676. The third-order valence-electron chi connectivity index (χ3n) is 3.63. The summed E-state index contributed by atoms with van der Waals surface area (Å²) in [7, 11) is 1.69. The molecule has 0 aromatic heterocycles. The molecule has 1 unspecified atom stereocenters. The molecule has 1 N–H and O–H groups in total. The molecule has 1 aromatic carbocycles. The third kappa shape index (κ3) is 3.07. The van der Waals surface area contributed by atoms with Crippen LogP contribution in [0.2, 0.25) is 0 Å². The van der Waals surface area contributed by atoms with Gasteiger partial charge in [-0.15, -0.1) is 0 Å². The van der Waals surface area contributed by atoms with Gasteiger partial charge in [-0.2, -0.15) is 0 Å². The van der Waals surface area contributed by atoms with Crippen LogP contribution in [0, 0.1) is 15.5 Å². The second-order valence-corrected chi connectivity index (χ2v) is 5.89. The molecule has 0 spiro atoms. The summed E-state index contributed by atoms with van der Waals surface area (Å²) in [6.45, 7) is 7.93. The Morgan fingerprint density at radius 3 is 2.35 bits per heavy atom. The number of hydrogen-bond acceptors (Lipinski definition) is 4. The number of carboxylic acids is 1. The van der Waals surface area contributed by atoms with Crippen molar-refractivity contribution in [2.45, 2.75) is 33.7 Å². The third-order valence-corrected chi connectivity index (χ3v) is 3.63. The maximum atomic E-state index is 11.3. The molecule has 0 heterocycles. The van der Waals surface area contributed by atoms with Crippen LogP contribution < -0.4 is 4.90 Å². The largest absolute Gasteiger partial charge is 0.478 e. The zero-order chi connectivity index (χ0) is 15.7. The Labute approximate surface area is 118 Å². The van der Waals surface area contributed by atoms with E-state index in [2.05, 4.69) is 0 Å². The number of nitro groups is 1. The van der Waals surface area contributed by atoms with Gasteiger partial charge in [0.15, 0.2) is 0 Å². The molecule has 0 amide bonds. The summed E-state index contributed by atoms with van der Waals surface area (Å²) >= 11 is 0. The van der Waals surface area contributed by atoms with E-state index in [-0.39, 0.29) is 28.4 Å². The normalized spacial score (nSPS) is 12.8. The molecular weight excluding hydrogens is 260 g/mol. The standard InChI is InChI=1S/C14H20N2O4/c1-9(14(2,3)4)15(5)12-10(13(17)18)7-6-8-11(12)16(19)20/h6-9H,1-5H3,(H,17,18). The van der Waals surface area contributed by atoms with Crippen molar-refractivity contribution in [1.29, 1.82) is 0 Å². The van der Waals surface area contributed by atoms with Gasteiger partial charge in [0, 0.05) is 19.2 Å². The predicted octanol–water partition coefficient (Wildman–Crippen LogP) is 3.16. The second kappa shape index (κ2) is 5.48. The fourth-order valence-electron chi connectivity index (χ4n) is 2.00. The van der Waals surface area contributed by atoms with E-state index >= 15 is 0 Å². The Kier molecular flexibility index (Phi) is 4.37. The molecule has 6 nitrogen and oxygen atoms in total. The van der Waals surface area contributed by atoms with Crippen LogP contribution in [0.1, 0.15) is 38.1 Å². The van der Waals surface area contributed by atoms with Crippen molar-refractivity contribution in [2.24, 2.45) is 5.41 Å². The zero-order valence-electron chi connectivity index (χ0n) is 12.4. The summed E-state index contributed by atoms with van der Waals surface area (Å²) in [6, 6.07) is 4.03. The van der Waals surface area contributed by atoms with Crippen molar-refractivity contribution in [1.82, 2.24) is 0 Å². The van der Waals surface area contributed by atoms with E-state index in [9.17, 15) is 20.0 Å². The molecule has 0 aliphatic rings. The lowest BCUT2D eigenvalue weighted by atomic mass is 9.86. The number of para-hydroxylation sites is 1. The molecule has 1 rings (SSSR count). The molecule has 0 saturated carbocycles. The minimum Gasteiger partial charge on any atom is -0.478 e. The topological polar surface area (TPSA) is 83.7 Å². The highest BCUT2D eigenvalue weighted by Gasteiger charge is 2.31. The number of aromatic carboxylic acids is 1. The van der Waals surface area contributed by atoms with Crippen molar-refractivity contribution in [3.63, 3.8) is 0 Å². The lowest BCUT2D eigenvalue weighted by Gasteiger charge is -2.37. The minimum absolute atomic E-state index is 0.0576. The molecule has 1 aromatic rings. The number of benzene rings is 1. The monoisotopic (exact) mass is 280 g/mol. The lowest BCUT2D eigenvalue weighted by Crippen LogP contribution is -2.40. The van der Waals surface area contributed by atoms with Crippen LogP contribution >= 0.6 is 0 Å². The number of nitrogens with zero attached hydrogens (tertiary/aromatic N) is 2. The molecular formula is C14H20N2O4. The summed E-state index contributed by atoms with van der Waals surface area (Å²) in [5.41, 5.74) is -0.248. The average Bonchev–Trinajstić information content (AvgIpc) is 2.34. The Morgan fingerprint density at radius 1 is 1.40 bits per heavy atom. The van der Waals surface area contributed by atoms with Crippen molar-refractivity contribution in [2.75, 3.05) is 11.9 Å². The molecule has 110 valence electrons. The van der Waals surface area contributed by atoms with E-state index in [0.717, 1.165) is 0 Å². The number of carboxylic acid groups (broad SMARTS) is 1. The van der Waals surface area contributed by atoms with Crippen LogP contribution in [-0.4, -0.2) is 29.1 Å². The number of rotatable bonds is 4. The molecule has 0 bridgehead atoms. The molecule has 0 fully saturated rings. The number of nitro benzene ring substituents is 1. The van der Waals surface area contributed by atoms with Crippen molar-refractivity contribution < 1.29 is 14.8 Å². The van der Waals surface area contributed by atoms with Crippen LogP contribution in [0.5, 0.6) is 0 Å². The fraction of sp³-hybridized carbons (Fsp3) is 0.500. The van der Waals surface area contributed by atoms with Gasteiger partial charge in [0.05, 0.1) is 10.5 Å². The predicted molar refractivity (Wildman–Crippen MR) is 77.4 cm³/mol. The van der Waals surface area contributed by atoms with Crippen molar-refractivity contribution in [3.05, 3.63) is 33.9 Å². The van der Waals surface area contributed by atoms with Gasteiger partial charge in [0.2, 0.25) is 0 Å². The van der Waals surface area contributed by atoms with Gasteiger partial charge in [-0.1, -0.05) is 26.8 Å². The highest BCUT2D eigenvalue weighted by atomic mass is 16.6. The fourth-order valence-corrected chi connectivity index (χ4v) is 2.00. The van der Waals surface area contributed by atoms with Gasteiger partial charge in [-0.3, -0.25) is 10.1 Å². The smallest absolute Gasteiger partial charge is 0.338 e. The first-order valence-corrected chi connectivity index (χ1v) is 6.31. The first-order valence-electron chi connectivity index (χ1n) is 6.31. The first-order chi connectivity index (χ1) is 9.07. The number of hydrogen-bond donors (Lipinski definition) is 1. The van der Waals surface area contributed by atoms with Gasteiger partial charge in [-0.05, 0) is 18.4 Å². The highest BCUT2D eigenvalue weighted by molar-refractivity contribution is 5.97. The minimum atomic E-state index is -1.17. The van der Waals surface area contributed by atoms with Crippen molar-refractivity contribution in [3.8, 4) is 0 Å². The van der Waals surface area contributed by atoms with Gasteiger partial charge >= 0.3 is 5.97 Å². The molecule has 0 radical (unpaired) electrons. The summed E-state index contributed by atoms with van der Waals surface area (Å²) < 4.78 is 0. The highest BCUT2D eigenvalue weighted by Crippen LogP contribution is 2.36. The molecule has 0 aliphatic heterocycles. The van der Waals surface area contributed by atoms with Crippen LogP contribution in [0.25, 0.3) is 0 Å². The van der Waals surface area contributed by atoms with E-state index in [4.69, 9.17) is 0 Å². The maximum absolute atomic E-state index is 11.3. The molecule has 0 saturated heterocycles. The maximum Gasteiger partial charge on any atom is 0.338 e. The summed E-state index contributed by atoms with van der Waals surface area (Å²) in [5.74, 6) is -1.17. The summed E-state index contributed by atoms with van der Waals surface area (Å²) in [5, 5.41) is 20.4. The van der Waals surface area contributed by atoms with Gasteiger partial charge in [-0.25, -0.2) is 4.79 Å².